The third kappa shape index (κ3) is 13.9. The molecule has 2 aromatic carbocycles. The molecule has 1 atom stereocenters. The first kappa shape index (κ1) is 35.1. The molecule has 238 valence electrons. The highest BCUT2D eigenvalue weighted by Crippen LogP contribution is 2.23. The van der Waals surface area contributed by atoms with Gasteiger partial charge in [0, 0.05) is 6.42 Å². The summed E-state index contributed by atoms with van der Waals surface area (Å²) in [5.74, 6) is 2.03. The fourth-order valence-corrected chi connectivity index (χ4v) is 6.64. The molecule has 0 fully saturated rings. The zero-order valence-electron chi connectivity index (χ0n) is 28.4. The van der Waals surface area contributed by atoms with Gasteiger partial charge >= 0.3 is 0 Å². The van der Waals surface area contributed by atoms with Crippen LogP contribution >= 0.6 is 0 Å². The summed E-state index contributed by atoms with van der Waals surface area (Å²) < 4.78 is 5.38. The largest absolute Gasteiger partial charge is 0.261 e. The van der Waals surface area contributed by atoms with Crippen LogP contribution in [0.15, 0.2) is 66.9 Å². The van der Waals surface area contributed by atoms with Gasteiger partial charge in [0.05, 0.1) is 19.5 Å². The fraction of sp³-hybridized carbons (Fsp3) is 0.634. The predicted molar refractivity (Wildman–Crippen MR) is 187 cm³/mol. The molecule has 0 radical (unpaired) electrons. The number of hydrogen-bond acceptors (Lipinski definition) is 0. The Labute approximate surface area is 266 Å². The number of aromatic nitrogens is 2. The molecule has 0 aliphatic carbocycles. The van der Waals surface area contributed by atoms with Gasteiger partial charge in [0.1, 0.15) is 11.9 Å². The van der Waals surface area contributed by atoms with E-state index in [2.05, 4.69) is 96.8 Å². The van der Waals surface area contributed by atoms with Gasteiger partial charge in [-0.1, -0.05) is 171 Å². The second kappa shape index (κ2) is 22.2. The number of unbranched alkanes of at least 4 members (excludes halogenated alkanes) is 16. The lowest BCUT2D eigenvalue weighted by Gasteiger charge is -2.12. The number of hydrogen-bond donors (Lipinski definition) is 0. The molecule has 43 heavy (non-hydrogen) atoms. The highest BCUT2D eigenvalue weighted by Gasteiger charge is 2.25. The molecule has 0 N–H and O–H groups in total. The van der Waals surface area contributed by atoms with Crippen molar-refractivity contribution in [3.63, 3.8) is 0 Å². The normalized spacial score (nSPS) is 12.2. The average molecular weight is 586 g/mol. The molecule has 0 aliphatic heterocycles. The minimum Gasteiger partial charge on any atom is -0.234 e. The molecule has 0 saturated heterocycles. The molecule has 0 bridgehead atoms. The molecule has 2 heteroatoms. The maximum atomic E-state index is 2.74. The number of nitrogens with zero attached hydrogens (tertiary/aromatic N) is 2. The van der Waals surface area contributed by atoms with Crippen LogP contribution in [0.25, 0.3) is 0 Å². The zero-order valence-corrected chi connectivity index (χ0v) is 28.4. The van der Waals surface area contributed by atoms with Crippen LogP contribution in [0.2, 0.25) is 0 Å². The molecular weight excluding hydrogens is 520 g/mol. The molecule has 0 spiro atoms. The number of rotatable bonds is 25. The minimum atomic E-state index is 0.517. The van der Waals surface area contributed by atoms with Gasteiger partial charge < -0.3 is 0 Å². The lowest BCUT2D eigenvalue weighted by Crippen LogP contribution is -2.37. The van der Waals surface area contributed by atoms with Crippen LogP contribution in [0.1, 0.15) is 165 Å². The van der Waals surface area contributed by atoms with E-state index in [1.165, 1.54) is 138 Å². The second-order valence-electron chi connectivity index (χ2n) is 13.2. The van der Waals surface area contributed by atoms with Gasteiger partial charge in [-0.3, -0.25) is 0 Å². The van der Waals surface area contributed by atoms with Crippen molar-refractivity contribution in [1.29, 1.82) is 0 Å². The Morgan fingerprint density at radius 1 is 0.581 bits per heavy atom. The summed E-state index contributed by atoms with van der Waals surface area (Å²) in [6.45, 7) is 9.32. The highest BCUT2D eigenvalue weighted by molar-refractivity contribution is 5.22. The van der Waals surface area contributed by atoms with Crippen LogP contribution in [0.4, 0.5) is 0 Å². The van der Waals surface area contributed by atoms with Gasteiger partial charge in [-0.15, -0.1) is 0 Å². The predicted octanol–water partition coefficient (Wildman–Crippen LogP) is 11.8. The molecule has 0 amide bonds. The minimum absolute atomic E-state index is 0.517. The highest BCUT2D eigenvalue weighted by atomic mass is 15.2. The first-order valence-electron chi connectivity index (χ1n) is 18.4. The van der Waals surface area contributed by atoms with E-state index in [-0.39, 0.29) is 0 Å². The first-order chi connectivity index (χ1) is 21.2. The molecule has 0 aliphatic rings. The summed E-state index contributed by atoms with van der Waals surface area (Å²) in [5, 5.41) is 0. The molecule has 1 unspecified atom stereocenters. The smallest absolute Gasteiger partial charge is 0.234 e. The van der Waals surface area contributed by atoms with Crippen LogP contribution in [0, 0.1) is 0 Å². The van der Waals surface area contributed by atoms with Crippen LogP contribution in [0.5, 0.6) is 0 Å². The molecule has 3 rings (SSSR count). The van der Waals surface area contributed by atoms with Crippen molar-refractivity contribution in [2.75, 3.05) is 0 Å². The fourth-order valence-electron chi connectivity index (χ4n) is 6.64. The van der Waals surface area contributed by atoms with Crippen molar-refractivity contribution in [1.82, 2.24) is 4.57 Å². The van der Waals surface area contributed by atoms with E-state index in [9.17, 15) is 0 Å². The first-order valence-corrected chi connectivity index (χ1v) is 18.4. The van der Waals surface area contributed by atoms with Crippen LogP contribution in [-0.2, 0) is 25.9 Å². The molecule has 0 saturated carbocycles. The molecular formula is C41H65N2+. The lowest BCUT2D eigenvalue weighted by molar-refractivity contribution is -0.704. The summed E-state index contributed by atoms with van der Waals surface area (Å²) in [7, 11) is 0. The summed E-state index contributed by atoms with van der Waals surface area (Å²) in [4.78, 5) is 0. The summed E-state index contributed by atoms with van der Waals surface area (Å²) in [6.07, 6.45) is 29.6. The Morgan fingerprint density at radius 3 is 1.63 bits per heavy atom. The Kier molecular flexibility index (Phi) is 18.1. The third-order valence-corrected chi connectivity index (χ3v) is 9.37. The summed E-state index contributed by atoms with van der Waals surface area (Å²) >= 11 is 0. The average Bonchev–Trinajstić information content (AvgIpc) is 3.35. The maximum Gasteiger partial charge on any atom is 0.261 e. The lowest BCUT2D eigenvalue weighted by atomic mass is 9.96. The summed E-state index contributed by atoms with van der Waals surface area (Å²) in [5.41, 5.74) is 4.40. The van der Waals surface area contributed by atoms with Crippen molar-refractivity contribution in [2.45, 2.75) is 168 Å². The quantitative estimate of drug-likeness (QED) is 0.0690. The van der Waals surface area contributed by atoms with Gasteiger partial charge in [-0.05, 0) is 42.7 Å². The van der Waals surface area contributed by atoms with Gasteiger partial charge in [0.15, 0.2) is 0 Å². The second-order valence-corrected chi connectivity index (χ2v) is 13.2. The number of benzene rings is 2. The Hall–Kier alpha value is -2.35. The molecule has 1 heterocycles. The van der Waals surface area contributed by atoms with E-state index in [0.717, 1.165) is 25.9 Å². The Balaban J connectivity index is 1.67. The maximum absolute atomic E-state index is 2.74. The van der Waals surface area contributed by atoms with Gasteiger partial charge in [0.2, 0.25) is 0 Å². The monoisotopic (exact) mass is 586 g/mol. The van der Waals surface area contributed by atoms with E-state index in [4.69, 9.17) is 0 Å². The van der Waals surface area contributed by atoms with Crippen LogP contribution in [-0.4, -0.2) is 4.57 Å². The van der Waals surface area contributed by atoms with Gasteiger partial charge in [0.25, 0.3) is 5.82 Å². The molecule has 1 aromatic heterocycles. The van der Waals surface area contributed by atoms with Crippen molar-refractivity contribution in [2.24, 2.45) is 0 Å². The van der Waals surface area contributed by atoms with Crippen molar-refractivity contribution in [3.05, 3.63) is 89.5 Å². The number of imidazole rings is 1. The van der Waals surface area contributed by atoms with E-state index in [1.807, 2.05) is 0 Å². The van der Waals surface area contributed by atoms with Crippen molar-refractivity contribution in [3.8, 4) is 0 Å². The van der Waals surface area contributed by atoms with E-state index in [0.29, 0.717) is 5.92 Å². The van der Waals surface area contributed by atoms with E-state index < -0.39 is 0 Å². The third-order valence-electron chi connectivity index (χ3n) is 9.37. The Morgan fingerprint density at radius 2 is 1.07 bits per heavy atom. The van der Waals surface area contributed by atoms with Gasteiger partial charge in [-0.25, -0.2) is 9.13 Å². The number of aryl methyl sites for hydroxylation is 1. The topological polar surface area (TPSA) is 8.81 Å². The molecule has 3 aromatic rings. The van der Waals surface area contributed by atoms with Crippen molar-refractivity contribution < 1.29 is 4.57 Å². The summed E-state index contributed by atoms with van der Waals surface area (Å²) in [6, 6.07) is 22.3. The van der Waals surface area contributed by atoms with Crippen LogP contribution in [0.3, 0.4) is 0 Å². The SMILES string of the molecule is CCCCCCCCCCCCCn1c(CC(C)c2ccccc2)c[n+](CCCCCCCCC)c1Cc1ccccc1. The van der Waals surface area contributed by atoms with Gasteiger partial charge in [-0.2, -0.15) is 0 Å². The zero-order chi connectivity index (χ0) is 30.4. The molecule has 2 nitrogen and oxygen atoms in total. The van der Waals surface area contributed by atoms with Crippen molar-refractivity contribution >= 4 is 0 Å². The van der Waals surface area contributed by atoms with E-state index in [1.54, 1.807) is 0 Å². The standard InChI is InChI=1S/C41H65N2/c1-4-6-8-10-12-13-14-15-17-19-27-33-43-40(34-37(3)39-30-24-21-25-31-39)36-42(32-26-18-16-11-9-7-5-2)41(43)35-38-28-22-20-23-29-38/h20-25,28-31,36-37H,4-19,26-27,32-35H2,1-3H3/q+1. The Bertz CT molecular complexity index is 1070. The van der Waals surface area contributed by atoms with E-state index >= 15 is 0 Å². The van der Waals surface area contributed by atoms with Crippen LogP contribution < -0.4 is 4.57 Å².